The number of hydrogen-bond acceptors (Lipinski definition) is 4. The number of carbonyl (C=O) groups is 1. The van der Waals surface area contributed by atoms with Gasteiger partial charge in [0.2, 0.25) is 0 Å². The van der Waals surface area contributed by atoms with E-state index < -0.39 is 27.3 Å². The first-order valence-corrected chi connectivity index (χ1v) is 14.4. The Balaban J connectivity index is 0.000000839. The summed E-state index contributed by atoms with van der Waals surface area (Å²) in [5.74, 6) is 2.46. The van der Waals surface area contributed by atoms with E-state index in [4.69, 9.17) is 11.6 Å². The molecule has 1 aromatic heterocycles. The quantitative estimate of drug-likeness (QED) is 0.133. The van der Waals surface area contributed by atoms with Crippen molar-refractivity contribution in [2.45, 2.75) is 26.6 Å². The second-order valence-corrected chi connectivity index (χ2v) is 12.3. The van der Waals surface area contributed by atoms with Crippen molar-refractivity contribution in [3.63, 3.8) is 0 Å². The average Bonchev–Trinajstić information content (AvgIpc) is 3.25. The summed E-state index contributed by atoms with van der Waals surface area (Å²) in [4.78, 5) is 12.8. The van der Waals surface area contributed by atoms with E-state index in [2.05, 4.69) is 35.4 Å². The molecule has 0 aliphatic rings. The lowest BCUT2D eigenvalue weighted by molar-refractivity contribution is -0.138. The molecule has 5 nitrogen and oxygen atoms in total. The fraction of sp³-hybridized carbons (Fsp3) is 0.222. The van der Waals surface area contributed by atoms with Gasteiger partial charge in [-0.05, 0) is 67.6 Å². The van der Waals surface area contributed by atoms with E-state index in [9.17, 15) is 22.2 Å². The smallest absolute Gasteiger partial charge is 0.294 e. The third kappa shape index (κ3) is 10.3. The third-order valence-electron chi connectivity index (χ3n) is 4.84. The first kappa shape index (κ1) is 34.2. The van der Waals surface area contributed by atoms with Gasteiger partial charge in [-0.15, -0.1) is 13.2 Å². The second-order valence-electron chi connectivity index (χ2n) is 8.08. The maximum atomic E-state index is 15.1. The molecule has 0 saturated heterocycles. The van der Waals surface area contributed by atoms with Crippen LogP contribution in [0.25, 0.3) is 17.0 Å². The lowest BCUT2D eigenvalue weighted by atomic mass is 10.1. The van der Waals surface area contributed by atoms with Gasteiger partial charge in [-0.25, -0.2) is 9.11 Å². The van der Waals surface area contributed by atoms with E-state index >= 15 is 4.39 Å². The van der Waals surface area contributed by atoms with Gasteiger partial charge in [-0.1, -0.05) is 36.0 Å². The van der Waals surface area contributed by atoms with Crippen molar-refractivity contribution in [1.29, 1.82) is 0 Å². The van der Waals surface area contributed by atoms with Crippen LogP contribution in [0.4, 0.5) is 17.6 Å². The predicted molar refractivity (Wildman–Crippen MR) is 158 cm³/mol. The van der Waals surface area contributed by atoms with Gasteiger partial charge in [-0.3, -0.25) is 13.7 Å². The number of carbonyl (C=O) groups excluding carboxylic acids is 1. The Morgan fingerprint density at radius 1 is 1.23 bits per heavy atom. The highest BCUT2D eigenvalue weighted by Gasteiger charge is 2.33. The molecule has 0 saturated carbocycles. The van der Waals surface area contributed by atoms with E-state index in [1.54, 1.807) is 26.3 Å². The van der Waals surface area contributed by atoms with Crippen LogP contribution in [0.5, 0.6) is 0 Å². The Labute approximate surface area is 235 Å². The fourth-order valence-corrected chi connectivity index (χ4v) is 3.90. The molecule has 1 unspecified atom stereocenters. The molecular weight excluding hydrogens is 574 g/mol. The maximum Gasteiger partial charge on any atom is 0.416 e. The molecule has 212 valence electrons. The van der Waals surface area contributed by atoms with Gasteiger partial charge in [0.25, 0.3) is 0 Å². The predicted octanol–water partition coefficient (Wildman–Crippen LogP) is 7.36. The highest BCUT2D eigenvalue weighted by atomic mass is 35.5. The van der Waals surface area contributed by atoms with Crippen LogP contribution < -0.4 is 4.72 Å². The average molecular weight is 604 g/mol. The Hall–Kier alpha value is -2.86. The van der Waals surface area contributed by atoms with E-state index in [1.807, 2.05) is 0 Å². The molecule has 39 heavy (non-hydrogen) atoms. The van der Waals surface area contributed by atoms with Crippen LogP contribution in [0, 0.1) is 5.82 Å². The maximum absolute atomic E-state index is 15.1. The normalized spacial score (nSPS) is 13.0. The van der Waals surface area contributed by atoms with Crippen molar-refractivity contribution in [1.82, 2.24) is 14.5 Å². The van der Waals surface area contributed by atoms with Gasteiger partial charge in [0.1, 0.15) is 5.82 Å². The SMILES string of the molecule is C=C.C=C(C)S/C(=C\c1ccc2c(cnn2Cc2ccc(Cl)cc2C(F)(F)F)c1F)C(C)=O.C=S(C)(=O)NC. The Morgan fingerprint density at radius 3 is 2.31 bits per heavy atom. The second kappa shape index (κ2) is 14.5. The number of thioether (sulfide) groups is 1. The highest BCUT2D eigenvalue weighted by molar-refractivity contribution is 8.07. The monoisotopic (exact) mass is 603 g/mol. The summed E-state index contributed by atoms with van der Waals surface area (Å²) in [5, 5.41) is 4.18. The molecule has 0 aliphatic carbocycles. The van der Waals surface area contributed by atoms with E-state index in [0.29, 0.717) is 15.3 Å². The van der Waals surface area contributed by atoms with Crippen molar-refractivity contribution in [2.24, 2.45) is 0 Å². The molecule has 12 heteroatoms. The largest absolute Gasteiger partial charge is 0.416 e. The molecule has 0 bridgehead atoms. The minimum atomic E-state index is -4.59. The van der Waals surface area contributed by atoms with Gasteiger partial charge in [0.15, 0.2) is 5.78 Å². The summed E-state index contributed by atoms with van der Waals surface area (Å²) in [6.07, 6.45) is -0.358. The first-order chi connectivity index (χ1) is 18.0. The van der Waals surface area contributed by atoms with Crippen molar-refractivity contribution < 1.29 is 26.6 Å². The number of rotatable bonds is 7. The number of ketones is 1. The molecule has 0 radical (unpaired) electrons. The molecule has 1 heterocycles. The molecule has 0 amide bonds. The zero-order chi connectivity index (χ0) is 30.1. The van der Waals surface area contributed by atoms with E-state index in [0.717, 1.165) is 17.8 Å². The summed E-state index contributed by atoms with van der Waals surface area (Å²) < 4.78 is 69.3. The van der Waals surface area contributed by atoms with Crippen LogP contribution >= 0.6 is 23.4 Å². The van der Waals surface area contributed by atoms with Gasteiger partial charge >= 0.3 is 6.18 Å². The van der Waals surface area contributed by atoms with Crippen LogP contribution in [0.15, 0.2) is 66.1 Å². The lowest BCUT2D eigenvalue weighted by Gasteiger charge is -2.14. The van der Waals surface area contributed by atoms with Crippen LogP contribution in [0.3, 0.4) is 0 Å². The summed E-state index contributed by atoms with van der Waals surface area (Å²) in [5.41, 5.74) is -0.405. The van der Waals surface area contributed by atoms with Gasteiger partial charge in [0.05, 0.1) is 34.1 Å². The number of aromatic nitrogens is 2. The summed E-state index contributed by atoms with van der Waals surface area (Å²) in [7, 11) is -0.292. The molecule has 0 spiro atoms. The number of nitrogens with one attached hydrogen (secondary N) is 1. The Morgan fingerprint density at radius 2 is 1.82 bits per heavy atom. The summed E-state index contributed by atoms with van der Waals surface area (Å²) in [6, 6.07) is 6.52. The van der Waals surface area contributed by atoms with Crippen molar-refractivity contribution in [3.8, 4) is 0 Å². The Kier molecular flexibility index (Phi) is 12.7. The zero-order valence-electron chi connectivity index (χ0n) is 22.0. The number of alkyl halides is 3. The standard InChI is InChI=1S/C22H17ClF4N2OS.C3H9NOS.C2H4/c1-12(2)31-20(13(3)30)8-14-5-7-19-17(21(14)24)10-28-29(19)11-15-4-6-16(23)9-18(15)22(25,26)27;1-4-6(2,3)5;1-2/h4-10H,1,11H2,2-3H3;2H2,1,3H3,(H,4,5);1-2H2/b20-8-;;. The molecule has 0 aliphatic heterocycles. The van der Waals surface area contributed by atoms with Crippen molar-refractivity contribution in [3.05, 3.63) is 93.6 Å². The van der Waals surface area contributed by atoms with Crippen LogP contribution in [0.2, 0.25) is 5.02 Å². The number of nitrogens with zero attached hydrogens (tertiary/aromatic N) is 2. The molecule has 1 atom stereocenters. The molecule has 1 N–H and O–H groups in total. The number of hydrogen-bond donors (Lipinski definition) is 1. The van der Waals surface area contributed by atoms with Gasteiger partial charge in [0, 0.05) is 26.5 Å². The minimum absolute atomic E-state index is 0.0298. The molecule has 3 rings (SSSR count). The third-order valence-corrected chi connectivity index (χ3v) is 6.91. The topological polar surface area (TPSA) is 64.0 Å². The van der Waals surface area contributed by atoms with Gasteiger partial charge < -0.3 is 0 Å². The van der Waals surface area contributed by atoms with Crippen molar-refractivity contribution >= 4 is 61.7 Å². The number of Topliss-reactive ketones (excluding diaryl/α,β-unsaturated/α-hetero) is 1. The number of benzene rings is 2. The minimum Gasteiger partial charge on any atom is -0.294 e. The fourth-order valence-electron chi connectivity index (χ4n) is 3.02. The molecule has 3 aromatic rings. The Bertz CT molecular complexity index is 1480. The van der Waals surface area contributed by atoms with Crippen LogP contribution in [-0.2, 0) is 27.2 Å². The zero-order valence-corrected chi connectivity index (χ0v) is 24.4. The molecule has 0 fully saturated rings. The first-order valence-electron chi connectivity index (χ1n) is 11.1. The number of fused-ring (bicyclic) bond motifs is 1. The lowest BCUT2D eigenvalue weighted by Crippen LogP contribution is -2.14. The van der Waals surface area contributed by atoms with Crippen LogP contribution in [-0.4, -0.2) is 38.9 Å². The summed E-state index contributed by atoms with van der Waals surface area (Å²) >= 11 is 6.87. The highest BCUT2D eigenvalue weighted by Crippen LogP contribution is 2.35. The number of halogens is 5. The van der Waals surface area contributed by atoms with E-state index in [1.165, 1.54) is 42.1 Å². The van der Waals surface area contributed by atoms with E-state index in [-0.39, 0.29) is 33.9 Å². The molecular formula is C27H30ClF4N3O2S2. The van der Waals surface area contributed by atoms with Gasteiger partial charge in [-0.2, -0.15) is 18.3 Å². The van der Waals surface area contributed by atoms with Crippen LogP contribution in [0.1, 0.15) is 30.5 Å². The van der Waals surface area contributed by atoms with Crippen molar-refractivity contribution in [2.75, 3.05) is 13.3 Å². The number of allylic oxidation sites excluding steroid dienone is 2. The summed E-state index contributed by atoms with van der Waals surface area (Å²) in [6.45, 7) is 12.6. The molecule has 2 aromatic carbocycles.